The highest BCUT2D eigenvalue weighted by Gasteiger charge is 2.37. The summed E-state index contributed by atoms with van der Waals surface area (Å²) in [6.45, 7) is 1.54. The van der Waals surface area contributed by atoms with Gasteiger partial charge in [-0.2, -0.15) is 0 Å². The zero-order valence-corrected chi connectivity index (χ0v) is 20.9. The number of nitrogens with zero attached hydrogens (tertiary/aromatic N) is 2. The van der Waals surface area contributed by atoms with Crippen LogP contribution in [-0.2, 0) is 18.0 Å². The average molecular weight is 517 g/mol. The molecule has 0 bridgehead atoms. The summed E-state index contributed by atoms with van der Waals surface area (Å²) in [5.74, 6) is -0.825. The summed E-state index contributed by atoms with van der Waals surface area (Å²) in [5, 5.41) is 30.8. The van der Waals surface area contributed by atoms with Crippen molar-refractivity contribution in [3.8, 4) is 23.3 Å². The molecule has 2 N–H and O–H groups in total. The van der Waals surface area contributed by atoms with Crippen molar-refractivity contribution < 1.29 is 52.3 Å². The number of benzene rings is 1. The maximum Gasteiger partial charge on any atom is 0.534 e. The molecular weight excluding hydrogens is 488 g/mol. The molecule has 0 fully saturated rings. The van der Waals surface area contributed by atoms with E-state index < -0.39 is 37.7 Å². The normalized spacial score (nSPS) is 12.1. The van der Waals surface area contributed by atoms with E-state index in [9.17, 15) is 25.1 Å². The lowest BCUT2D eigenvalue weighted by Gasteiger charge is -2.24. The molecule has 35 heavy (non-hydrogen) atoms. The van der Waals surface area contributed by atoms with Crippen LogP contribution in [0.15, 0.2) is 24.3 Å². The molecule has 0 amide bonds. The van der Waals surface area contributed by atoms with Crippen LogP contribution in [0.25, 0.3) is 0 Å². The van der Waals surface area contributed by atoms with Gasteiger partial charge in [0.05, 0.1) is 30.3 Å². The van der Waals surface area contributed by atoms with Crippen LogP contribution in [0.4, 0.5) is 10.5 Å². The number of hydrogen-bond acceptors (Lipinski definition) is 12. The zero-order chi connectivity index (χ0) is 26.2. The van der Waals surface area contributed by atoms with Gasteiger partial charge in [-0.3, -0.25) is 15.0 Å². The van der Waals surface area contributed by atoms with Gasteiger partial charge >= 0.3 is 15.0 Å². The van der Waals surface area contributed by atoms with Crippen LogP contribution in [0.1, 0.15) is 25.0 Å². The van der Waals surface area contributed by atoms with E-state index in [0.717, 1.165) is 18.2 Å². The minimum absolute atomic E-state index is 0.00155. The largest absolute Gasteiger partial charge is 0.534 e. The third-order valence-corrected chi connectivity index (χ3v) is 7.83. The van der Waals surface area contributed by atoms with Crippen molar-refractivity contribution in [2.75, 3.05) is 35.0 Å². The maximum atomic E-state index is 12.1. The molecule has 0 saturated carbocycles. The van der Waals surface area contributed by atoms with E-state index in [4.69, 9.17) is 32.3 Å². The van der Waals surface area contributed by atoms with E-state index in [1.54, 1.807) is 0 Å². The number of methoxy groups -OCH3 is 1. The summed E-state index contributed by atoms with van der Waals surface area (Å²) < 4.78 is 32.5. The second-order valence-electron chi connectivity index (χ2n) is 7.01. The first-order valence-electron chi connectivity index (χ1n) is 10.2. The molecule has 2 aromatic rings. The predicted octanol–water partition coefficient (Wildman–Crippen LogP) is 2.79. The molecule has 0 aliphatic rings. The third-order valence-electron chi connectivity index (χ3n) is 5.00. The van der Waals surface area contributed by atoms with E-state index in [1.165, 1.54) is 41.4 Å². The fourth-order valence-corrected chi connectivity index (χ4v) is 4.84. The Balaban J connectivity index is 2.16. The van der Waals surface area contributed by atoms with E-state index in [0.29, 0.717) is 17.2 Å². The lowest BCUT2D eigenvalue weighted by molar-refractivity contribution is -0.386. The Morgan fingerprint density at radius 2 is 1.69 bits per heavy atom. The van der Waals surface area contributed by atoms with Gasteiger partial charge in [0.1, 0.15) is 6.10 Å². The number of carbonyl (C=O) groups excluding carboxylic acids is 1. The molecule has 1 atom stereocenters. The number of aromatic hydroxyl groups is 2. The highest BCUT2D eigenvalue weighted by molar-refractivity contribution is 6.60. The highest BCUT2D eigenvalue weighted by Crippen LogP contribution is 2.38. The van der Waals surface area contributed by atoms with Gasteiger partial charge in [-0.15, -0.1) is 4.73 Å². The monoisotopic (exact) mass is 516 g/mol. The molecule has 1 aromatic carbocycles. The molecule has 1 aromatic heterocycles. The van der Waals surface area contributed by atoms with E-state index >= 15 is 0 Å². The number of aromatic nitrogens is 1. The van der Waals surface area contributed by atoms with E-state index in [2.05, 4.69) is 0 Å². The summed E-state index contributed by atoms with van der Waals surface area (Å²) in [6.07, 6.45) is -2.01. The Morgan fingerprint density at radius 1 is 1.09 bits per heavy atom. The second kappa shape index (κ2) is 12.3. The van der Waals surface area contributed by atoms with Crippen molar-refractivity contribution in [3.63, 3.8) is 0 Å². The van der Waals surface area contributed by atoms with E-state index in [-0.39, 0.29) is 29.4 Å². The van der Waals surface area contributed by atoms with Crippen molar-refractivity contribution in [3.05, 3.63) is 39.9 Å². The van der Waals surface area contributed by atoms with Gasteiger partial charge in [0.2, 0.25) is 11.8 Å². The molecular formula is C20H28N2O12Si. The number of ether oxygens (including phenoxy) is 3. The number of hydrogen-bond donors (Lipinski definition) is 2. The number of nitro benzene ring substituents is 1. The fourth-order valence-electron chi connectivity index (χ4n) is 3.15. The topological polar surface area (TPSA) is 170 Å². The summed E-state index contributed by atoms with van der Waals surface area (Å²) in [7, 11) is 3.05. The van der Waals surface area contributed by atoms with Gasteiger partial charge in [0.25, 0.3) is 5.69 Å². The quantitative estimate of drug-likeness (QED) is 0.131. The summed E-state index contributed by atoms with van der Waals surface area (Å²) >= 11 is 0. The minimum atomic E-state index is -2.79. The lowest BCUT2D eigenvalue weighted by atomic mass is 10.1. The smallest absolute Gasteiger partial charge is 0.493 e. The van der Waals surface area contributed by atoms with Crippen molar-refractivity contribution in [1.29, 1.82) is 0 Å². The van der Waals surface area contributed by atoms with Crippen LogP contribution in [0.5, 0.6) is 23.3 Å². The molecule has 2 rings (SSSR count). The van der Waals surface area contributed by atoms with Gasteiger partial charge in [-0.05, 0) is 19.4 Å². The predicted molar refractivity (Wildman–Crippen MR) is 121 cm³/mol. The average Bonchev–Trinajstić information content (AvgIpc) is 3.15. The molecule has 15 heteroatoms. The number of rotatable bonds is 13. The zero-order valence-electron chi connectivity index (χ0n) is 19.9. The van der Waals surface area contributed by atoms with Crippen LogP contribution in [-0.4, -0.2) is 69.9 Å². The molecule has 1 heterocycles. The molecule has 0 spiro atoms. The Kier molecular flexibility index (Phi) is 9.70. The Labute approximate surface area is 201 Å². The highest BCUT2D eigenvalue weighted by atomic mass is 28.4. The molecule has 194 valence electrons. The van der Waals surface area contributed by atoms with Gasteiger partial charge in [-0.1, -0.05) is 0 Å². The van der Waals surface area contributed by atoms with E-state index in [1.807, 2.05) is 0 Å². The third kappa shape index (κ3) is 6.75. The minimum Gasteiger partial charge on any atom is -0.493 e. The van der Waals surface area contributed by atoms with Crippen LogP contribution in [0, 0.1) is 10.1 Å². The van der Waals surface area contributed by atoms with Gasteiger partial charge in [-0.25, -0.2) is 4.79 Å². The lowest BCUT2D eigenvalue weighted by Crippen LogP contribution is -2.42. The molecule has 14 nitrogen and oxygen atoms in total. The Morgan fingerprint density at radius 3 is 2.20 bits per heavy atom. The van der Waals surface area contributed by atoms with Crippen LogP contribution >= 0.6 is 0 Å². The SMILES string of the molecule is COc1cc(C(C)OC(=O)On2c(O)ccc2O)c([N+](=O)[O-])cc1OCCC[Si](OC)(OC)OC. The Hall–Kier alpha value is -3.53. The first kappa shape index (κ1) is 27.7. The van der Waals surface area contributed by atoms with Crippen molar-refractivity contribution >= 4 is 20.6 Å². The molecule has 0 radical (unpaired) electrons. The molecule has 0 aliphatic heterocycles. The van der Waals surface area contributed by atoms with Crippen LogP contribution < -0.4 is 14.3 Å². The molecule has 0 aliphatic carbocycles. The van der Waals surface area contributed by atoms with Crippen LogP contribution in [0.3, 0.4) is 0 Å². The summed E-state index contributed by atoms with van der Waals surface area (Å²) in [4.78, 5) is 27.9. The molecule has 1 unspecified atom stereocenters. The Bertz CT molecular complexity index is 996. The fraction of sp³-hybridized carbons (Fsp3) is 0.450. The summed E-state index contributed by atoms with van der Waals surface area (Å²) in [6, 6.07) is 5.11. The number of nitro groups is 1. The standard InChI is InChI=1S/C20H28N2O12Si/c1-13(33-20(25)34-21-18(23)7-8-19(21)24)14-11-16(28-2)17(12-15(14)22(26)27)32-9-6-10-35(29-3,30-4)31-5/h7-8,11-13,23-24H,6,9-10H2,1-5H3. The number of carbonyl (C=O) groups is 1. The second-order valence-corrected chi connectivity index (χ2v) is 10.1. The first-order valence-corrected chi connectivity index (χ1v) is 12.2. The molecule has 0 saturated heterocycles. The van der Waals surface area contributed by atoms with Gasteiger partial charge < -0.3 is 37.7 Å². The van der Waals surface area contributed by atoms with Crippen molar-refractivity contribution in [2.45, 2.75) is 25.5 Å². The van der Waals surface area contributed by atoms with Crippen molar-refractivity contribution in [1.82, 2.24) is 4.73 Å². The maximum absolute atomic E-state index is 12.1. The first-order chi connectivity index (χ1) is 16.6. The van der Waals surface area contributed by atoms with Gasteiger partial charge in [0.15, 0.2) is 11.5 Å². The summed E-state index contributed by atoms with van der Waals surface area (Å²) in [5.41, 5.74) is -0.385. The van der Waals surface area contributed by atoms with Crippen molar-refractivity contribution in [2.24, 2.45) is 0 Å². The van der Waals surface area contributed by atoms with Crippen LogP contribution in [0.2, 0.25) is 6.04 Å². The van der Waals surface area contributed by atoms with Gasteiger partial charge in [0, 0.05) is 39.5 Å².